The standard InChI is InChI=1S/C17H17NO4/c1-9-3-4-11(7-10(9)2)18-15(20)13-12-5-6-17(8-19,22-12)14(13)16(18)21/h3-7,12-14,19H,8H2,1-2H3/t12-,13+,14-,17+/m0/s1. The summed E-state index contributed by atoms with van der Waals surface area (Å²) in [5.41, 5.74) is 1.71. The van der Waals surface area contributed by atoms with Gasteiger partial charge in [0.05, 0.1) is 30.2 Å². The number of ether oxygens (including phenoxy) is 1. The van der Waals surface area contributed by atoms with Gasteiger partial charge in [-0.2, -0.15) is 0 Å². The Morgan fingerprint density at radius 2 is 2.00 bits per heavy atom. The molecule has 3 heterocycles. The number of anilines is 1. The number of imide groups is 1. The van der Waals surface area contributed by atoms with Crippen LogP contribution < -0.4 is 4.90 Å². The number of fused-ring (bicyclic) bond motifs is 5. The van der Waals surface area contributed by atoms with Gasteiger partial charge in [-0.05, 0) is 37.1 Å². The van der Waals surface area contributed by atoms with Crippen molar-refractivity contribution >= 4 is 17.5 Å². The van der Waals surface area contributed by atoms with Crippen LogP contribution in [0.4, 0.5) is 5.69 Å². The lowest BCUT2D eigenvalue weighted by molar-refractivity contribution is -0.128. The molecule has 4 atom stereocenters. The molecule has 2 fully saturated rings. The van der Waals surface area contributed by atoms with Gasteiger partial charge >= 0.3 is 0 Å². The molecule has 3 aliphatic heterocycles. The lowest BCUT2D eigenvalue weighted by atomic mass is 9.77. The first kappa shape index (κ1) is 13.7. The van der Waals surface area contributed by atoms with Crippen molar-refractivity contribution in [1.82, 2.24) is 0 Å². The Morgan fingerprint density at radius 3 is 2.68 bits per heavy atom. The summed E-state index contributed by atoms with van der Waals surface area (Å²) in [5, 5.41) is 9.67. The van der Waals surface area contributed by atoms with Gasteiger partial charge in [0.1, 0.15) is 5.60 Å². The second-order valence-electron chi connectivity index (χ2n) is 6.34. The largest absolute Gasteiger partial charge is 0.393 e. The molecule has 2 saturated heterocycles. The van der Waals surface area contributed by atoms with E-state index in [1.165, 1.54) is 4.90 Å². The fraction of sp³-hybridized carbons (Fsp3) is 0.412. The highest BCUT2D eigenvalue weighted by atomic mass is 16.5. The Morgan fingerprint density at radius 1 is 1.23 bits per heavy atom. The summed E-state index contributed by atoms with van der Waals surface area (Å²) in [6, 6.07) is 5.56. The first-order valence-corrected chi connectivity index (χ1v) is 7.41. The van der Waals surface area contributed by atoms with Gasteiger partial charge in [0.25, 0.3) is 0 Å². The summed E-state index contributed by atoms with van der Waals surface area (Å²) < 4.78 is 5.71. The molecule has 4 rings (SSSR count). The van der Waals surface area contributed by atoms with Gasteiger partial charge in [-0.1, -0.05) is 18.2 Å². The zero-order chi connectivity index (χ0) is 15.6. The van der Waals surface area contributed by atoms with Gasteiger partial charge in [0.15, 0.2) is 0 Å². The van der Waals surface area contributed by atoms with Crippen molar-refractivity contribution in [3.63, 3.8) is 0 Å². The quantitative estimate of drug-likeness (QED) is 0.656. The Bertz CT molecular complexity index is 725. The average molecular weight is 299 g/mol. The van der Waals surface area contributed by atoms with E-state index >= 15 is 0 Å². The Balaban J connectivity index is 1.77. The second-order valence-corrected chi connectivity index (χ2v) is 6.34. The van der Waals surface area contributed by atoms with Gasteiger partial charge in [-0.3, -0.25) is 9.59 Å². The molecule has 3 aliphatic rings. The summed E-state index contributed by atoms with van der Waals surface area (Å²) in [5.74, 6) is -1.66. The molecule has 0 spiro atoms. The highest BCUT2D eigenvalue weighted by Gasteiger charge is 2.67. The molecule has 2 amide bonds. The molecule has 5 nitrogen and oxygen atoms in total. The Labute approximate surface area is 128 Å². The van der Waals surface area contributed by atoms with E-state index in [4.69, 9.17) is 4.74 Å². The molecule has 0 aliphatic carbocycles. The van der Waals surface area contributed by atoms with Crippen molar-refractivity contribution in [2.24, 2.45) is 11.8 Å². The van der Waals surface area contributed by atoms with Crippen LogP contribution in [0.5, 0.6) is 0 Å². The van der Waals surface area contributed by atoms with Gasteiger partial charge in [0.2, 0.25) is 11.8 Å². The topological polar surface area (TPSA) is 66.8 Å². The van der Waals surface area contributed by atoms with Crippen molar-refractivity contribution in [3.8, 4) is 0 Å². The number of aryl methyl sites for hydroxylation is 2. The predicted molar refractivity (Wildman–Crippen MR) is 79.2 cm³/mol. The number of carbonyl (C=O) groups is 2. The van der Waals surface area contributed by atoms with Crippen LogP contribution in [-0.4, -0.2) is 35.2 Å². The van der Waals surface area contributed by atoms with E-state index in [0.717, 1.165) is 11.1 Å². The first-order valence-electron chi connectivity index (χ1n) is 7.41. The number of hydrogen-bond donors (Lipinski definition) is 1. The maximum atomic E-state index is 12.8. The molecule has 1 aromatic rings. The number of carbonyl (C=O) groups excluding carboxylic acids is 2. The van der Waals surface area contributed by atoms with Crippen molar-refractivity contribution in [3.05, 3.63) is 41.5 Å². The van der Waals surface area contributed by atoms with Gasteiger partial charge < -0.3 is 9.84 Å². The lowest BCUT2D eigenvalue weighted by Crippen LogP contribution is -2.43. The maximum absolute atomic E-state index is 12.8. The smallest absolute Gasteiger partial charge is 0.241 e. The van der Waals surface area contributed by atoms with E-state index in [1.807, 2.05) is 26.0 Å². The normalized spacial score (nSPS) is 35.6. The number of rotatable bonds is 2. The molecule has 22 heavy (non-hydrogen) atoms. The highest BCUT2D eigenvalue weighted by molar-refractivity contribution is 6.23. The van der Waals surface area contributed by atoms with E-state index in [1.54, 1.807) is 18.2 Å². The van der Waals surface area contributed by atoms with Crippen LogP contribution >= 0.6 is 0 Å². The molecule has 1 N–H and O–H groups in total. The first-order chi connectivity index (χ1) is 10.5. The minimum absolute atomic E-state index is 0.233. The van der Waals surface area contributed by atoms with Crippen LogP contribution in [-0.2, 0) is 14.3 Å². The van der Waals surface area contributed by atoms with Crippen LogP contribution in [0.25, 0.3) is 0 Å². The lowest BCUT2D eigenvalue weighted by Gasteiger charge is -2.26. The van der Waals surface area contributed by atoms with Crippen molar-refractivity contribution < 1.29 is 19.4 Å². The molecule has 0 aromatic heterocycles. The van der Waals surface area contributed by atoms with Crippen LogP contribution in [0.2, 0.25) is 0 Å². The third kappa shape index (κ3) is 1.50. The van der Waals surface area contributed by atoms with E-state index in [0.29, 0.717) is 5.69 Å². The molecule has 5 heteroatoms. The number of aliphatic hydroxyl groups excluding tert-OH is 1. The van der Waals surface area contributed by atoms with Crippen LogP contribution in [0, 0.1) is 25.7 Å². The number of nitrogens with zero attached hydrogens (tertiary/aromatic N) is 1. The van der Waals surface area contributed by atoms with E-state index in [2.05, 4.69) is 0 Å². The van der Waals surface area contributed by atoms with Crippen LogP contribution in [0.1, 0.15) is 11.1 Å². The minimum Gasteiger partial charge on any atom is -0.393 e. The number of benzene rings is 1. The second kappa shape index (κ2) is 4.27. The molecular formula is C17H17NO4. The zero-order valence-corrected chi connectivity index (χ0v) is 12.4. The Hall–Kier alpha value is -1.98. The monoisotopic (exact) mass is 299 g/mol. The van der Waals surface area contributed by atoms with Gasteiger partial charge in [0, 0.05) is 0 Å². The van der Waals surface area contributed by atoms with Crippen molar-refractivity contribution in [2.45, 2.75) is 25.6 Å². The van der Waals surface area contributed by atoms with E-state index in [-0.39, 0.29) is 18.4 Å². The molecule has 0 unspecified atom stereocenters. The molecule has 114 valence electrons. The number of amides is 2. The molecule has 0 radical (unpaired) electrons. The average Bonchev–Trinajstić information content (AvgIpc) is 3.14. The maximum Gasteiger partial charge on any atom is 0.241 e. The summed E-state index contributed by atoms with van der Waals surface area (Å²) in [6.07, 6.45) is 3.10. The van der Waals surface area contributed by atoms with Crippen LogP contribution in [0.3, 0.4) is 0 Å². The number of aliphatic hydroxyl groups is 1. The summed E-state index contributed by atoms with van der Waals surface area (Å²) in [6.45, 7) is 3.65. The molecule has 0 saturated carbocycles. The minimum atomic E-state index is -1.03. The molecule has 2 bridgehead atoms. The van der Waals surface area contributed by atoms with Gasteiger partial charge in [-0.15, -0.1) is 0 Å². The zero-order valence-electron chi connectivity index (χ0n) is 12.4. The van der Waals surface area contributed by atoms with E-state index in [9.17, 15) is 14.7 Å². The fourth-order valence-corrected chi connectivity index (χ4v) is 3.80. The molecule has 1 aromatic carbocycles. The molecular weight excluding hydrogens is 282 g/mol. The van der Waals surface area contributed by atoms with E-state index < -0.39 is 23.5 Å². The third-order valence-corrected chi connectivity index (χ3v) is 5.15. The predicted octanol–water partition coefficient (Wildman–Crippen LogP) is 1.11. The van der Waals surface area contributed by atoms with Crippen molar-refractivity contribution in [1.29, 1.82) is 0 Å². The van der Waals surface area contributed by atoms with Gasteiger partial charge in [-0.25, -0.2) is 4.90 Å². The fourth-order valence-electron chi connectivity index (χ4n) is 3.80. The SMILES string of the molecule is Cc1ccc(N2C(=O)[C@@H]3[C@@H]4C=C[C@](CO)(O4)[C@@H]3C2=O)cc1C. The Kier molecular flexibility index (Phi) is 2.65. The summed E-state index contributed by atoms with van der Waals surface area (Å²) in [4.78, 5) is 26.8. The number of hydrogen-bond acceptors (Lipinski definition) is 4. The van der Waals surface area contributed by atoms with Crippen LogP contribution in [0.15, 0.2) is 30.4 Å². The highest BCUT2D eigenvalue weighted by Crippen LogP contribution is 2.52. The summed E-state index contributed by atoms with van der Waals surface area (Å²) in [7, 11) is 0. The summed E-state index contributed by atoms with van der Waals surface area (Å²) >= 11 is 0. The third-order valence-electron chi connectivity index (χ3n) is 5.15. The van der Waals surface area contributed by atoms with Crippen molar-refractivity contribution in [2.75, 3.05) is 11.5 Å².